The second-order valence-corrected chi connectivity index (χ2v) is 7.15. The summed E-state index contributed by atoms with van der Waals surface area (Å²) >= 11 is 5.56. The first kappa shape index (κ1) is 20.0. The van der Waals surface area contributed by atoms with Crippen LogP contribution in [0.1, 0.15) is 36.6 Å². The maximum absolute atomic E-state index is 5.56. The minimum atomic E-state index is 0.125. The van der Waals surface area contributed by atoms with Crippen LogP contribution in [0.4, 0.5) is 5.69 Å². The Bertz CT molecular complexity index is 775. The summed E-state index contributed by atoms with van der Waals surface area (Å²) in [6, 6.07) is 12.2. The lowest BCUT2D eigenvalue weighted by Gasteiger charge is -2.26. The molecular weight excluding hydrogens is 344 g/mol. The summed E-state index contributed by atoms with van der Waals surface area (Å²) < 4.78 is 10.7. The molecule has 0 aliphatic heterocycles. The number of thiocarbonyl (C=S) groups is 1. The van der Waals surface area contributed by atoms with Crippen molar-refractivity contribution < 1.29 is 9.47 Å². The van der Waals surface area contributed by atoms with Crippen molar-refractivity contribution in [2.24, 2.45) is 5.92 Å². The van der Waals surface area contributed by atoms with Crippen molar-refractivity contribution in [3.63, 3.8) is 0 Å². The summed E-state index contributed by atoms with van der Waals surface area (Å²) in [5.74, 6) is 1.80. The fourth-order valence-corrected chi connectivity index (χ4v) is 3.22. The third kappa shape index (κ3) is 4.88. The van der Waals surface area contributed by atoms with Crippen LogP contribution in [0.25, 0.3) is 0 Å². The second-order valence-electron chi connectivity index (χ2n) is 6.75. The van der Waals surface area contributed by atoms with Gasteiger partial charge in [-0.1, -0.05) is 37.6 Å². The van der Waals surface area contributed by atoms with Crippen molar-refractivity contribution >= 4 is 23.0 Å². The maximum Gasteiger partial charge on any atom is 0.171 e. The third-order valence-corrected chi connectivity index (χ3v) is 4.59. The first-order chi connectivity index (χ1) is 12.3. The van der Waals surface area contributed by atoms with Crippen LogP contribution in [-0.4, -0.2) is 19.3 Å². The minimum Gasteiger partial charge on any atom is -0.497 e. The van der Waals surface area contributed by atoms with Gasteiger partial charge in [0.2, 0.25) is 0 Å². The largest absolute Gasteiger partial charge is 0.497 e. The highest BCUT2D eigenvalue weighted by Gasteiger charge is 2.19. The number of hydrogen-bond acceptors (Lipinski definition) is 3. The van der Waals surface area contributed by atoms with Crippen LogP contribution in [-0.2, 0) is 0 Å². The zero-order valence-electron chi connectivity index (χ0n) is 16.3. The van der Waals surface area contributed by atoms with E-state index in [9.17, 15) is 0 Å². The van der Waals surface area contributed by atoms with E-state index in [1.807, 2.05) is 18.2 Å². The molecule has 2 N–H and O–H groups in total. The normalized spacial score (nSPS) is 11.8. The van der Waals surface area contributed by atoms with Gasteiger partial charge >= 0.3 is 0 Å². The highest BCUT2D eigenvalue weighted by atomic mass is 32.1. The Morgan fingerprint density at radius 3 is 2.31 bits per heavy atom. The van der Waals surface area contributed by atoms with E-state index in [2.05, 4.69) is 56.5 Å². The molecule has 0 aromatic heterocycles. The average molecular weight is 373 g/mol. The Hall–Kier alpha value is -2.27. The molecule has 0 heterocycles. The third-order valence-electron chi connectivity index (χ3n) is 4.37. The molecule has 2 aromatic rings. The van der Waals surface area contributed by atoms with E-state index < -0.39 is 0 Å². The number of ether oxygens (including phenoxy) is 2. The van der Waals surface area contributed by atoms with Crippen LogP contribution in [0, 0.1) is 19.8 Å². The Labute approximate surface area is 161 Å². The van der Waals surface area contributed by atoms with Crippen LogP contribution in [0.2, 0.25) is 0 Å². The topological polar surface area (TPSA) is 42.5 Å². The fourth-order valence-electron chi connectivity index (χ4n) is 2.98. The summed E-state index contributed by atoms with van der Waals surface area (Å²) in [6.07, 6.45) is 0. The molecule has 140 valence electrons. The van der Waals surface area contributed by atoms with Gasteiger partial charge in [0.1, 0.15) is 11.5 Å². The predicted octanol–water partition coefficient (Wildman–Crippen LogP) is 5.00. The molecule has 2 rings (SSSR count). The molecule has 26 heavy (non-hydrogen) atoms. The molecule has 0 aliphatic rings. The summed E-state index contributed by atoms with van der Waals surface area (Å²) in [7, 11) is 3.26. The number of hydrogen-bond donors (Lipinski definition) is 2. The van der Waals surface area contributed by atoms with Crippen molar-refractivity contribution in [1.29, 1.82) is 0 Å². The molecule has 1 unspecified atom stereocenters. The highest BCUT2D eigenvalue weighted by molar-refractivity contribution is 7.80. The van der Waals surface area contributed by atoms with E-state index >= 15 is 0 Å². The maximum atomic E-state index is 5.56. The Balaban J connectivity index is 2.18. The second kappa shape index (κ2) is 8.90. The van der Waals surface area contributed by atoms with Crippen LogP contribution < -0.4 is 20.1 Å². The first-order valence-electron chi connectivity index (χ1n) is 8.72. The van der Waals surface area contributed by atoms with Crippen molar-refractivity contribution in [1.82, 2.24) is 5.32 Å². The molecule has 1 atom stereocenters. The van der Waals surface area contributed by atoms with Gasteiger partial charge in [-0.05, 0) is 55.2 Å². The molecule has 5 heteroatoms. The number of nitrogens with one attached hydrogen (secondary N) is 2. The molecule has 4 nitrogen and oxygen atoms in total. The van der Waals surface area contributed by atoms with Gasteiger partial charge in [0.15, 0.2) is 5.11 Å². The smallest absolute Gasteiger partial charge is 0.171 e. The van der Waals surface area contributed by atoms with Crippen molar-refractivity contribution in [2.75, 3.05) is 19.5 Å². The van der Waals surface area contributed by atoms with Crippen LogP contribution in [0.5, 0.6) is 11.5 Å². The summed E-state index contributed by atoms with van der Waals surface area (Å²) in [4.78, 5) is 0. The molecule has 0 saturated carbocycles. The number of methoxy groups -OCH3 is 2. The predicted molar refractivity (Wildman–Crippen MR) is 112 cm³/mol. The van der Waals surface area contributed by atoms with Gasteiger partial charge in [-0.2, -0.15) is 0 Å². The van der Waals surface area contributed by atoms with E-state index in [-0.39, 0.29) is 6.04 Å². The summed E-state index contributed by atoms with van der Waals surface area (Å²) in [5.41, 5.74) is 4.59. The molecular formula is C21H28N2O2S. The van der Waals surface area contributed by atoms with E-state index in [1.165, 1.54) is 16.7 Å². The van der Waals surface area contributed by atoms with Crippen molar-refractivity contribution in [3.8, 4) is 11.5 Å². The van der Waals surface area contributed by atoms with Gasteiger partial charge in [0.25, 0.3) is 0 Å². The average Bonchev–Trinajstić information content (AvgIpc) is 2.60. The van der Waals surface area contributed by atoms with Gasteiger partial charge in [0.05, 0.1) is 25.9 Å². The molecule has 0 radical (unpaired) electrons. The zero-order valence-corrected chi connectivity index (χ0v) is 17.2. The van der Waals surface area contributed by atoms with Crippen LogP contribution in [0.3, 0.4) is 0 Å². The number of aryl methyl sites for hydroxylation is 2. The number of rotatable bonds is 6. The zero-order chi connectivity index (χ0) is 19.3. The Morgan fingerprint density at radius 2 is 1.73 bits per heavy atom. The standard InChI is InChI=1S/C21H28N2O2S/c1-13(2)20(17-9-7-14(3)11-15(17)4)23-21(26)22-18-10-8-16(24-5)12-19(18)25-6/h7-13,20H,1-6H3,(H2,22,23,26). The number of benzene rings is 2. The van der Waals surface area contributed by atoms with Gasteiger partial charge in [-0.25, -0.2) is 0 Å². The van der Waals surface area contributed by atoms with Crippen molar-refractivity contribution in [3.05, 3.63) is 53.1 Å². The molecule has 0 fully saturated rings. The van der Waals surface area contributed by atoms with E-state index in [0.29, 0.717) is 16.8 Å². The van der Waals surface area contributed by atoms with Gasteiger partial charge < -0.3 is 20.1 Å². The van der Waals surface area contributed by atoms with Gasteiger partial charge in [0, 0.05) is 6.07 Å². The molecule has 0 saturated heterocycles. The monoisotopic (exact) mass is 372 g/mol. The SMILES string of the molecule is COc1ccc(NC(=S)NC(c2ccc(C)cc2C)C(C)C)c(OC)c1. The lowest BCUT2D eigenvalue weighted by Crippen LogP contribution is -2.35. The first-order valence-corrected chi connectivity index (χ1v) is 9.13. The quantitative estimate of drug-likeness (QED) is 0.698. The van der Waals surface area contributed by atoms with E-state index in [4.69, 9.17) is 21.7 Å². The Kier molecular flexibility index (Phi) is 6.86. The van der Waals surface area contributed by atoms with Gasteiger partial charge in [-0.15, -0.1) is 0 Å². The van der Waals surface area contributed by atoms with Crippen molar-refractivity contribution in [2.45, 2.75) is 33.7 Å². The fraction of sp³-hybridized carbons (Fsp3) is 0.381. The van der Waals surface area contributed by atoms with E-state index in [0.717, 1.165) is 11.4 Å². The molecule has 0 aliphatic carbocycles. The molecule has 2 aromatic carbocycles. The highest BCUT2D eigenvalue weighted by Crippen LogP contribution is 2.30. The lowest BCUT2D eigenvalue weighted by atomic mass is 9.92. The minimum absolute atomic E-state index is 0.125. The summed E-state index contributed by atoms with van der Waals surface area (Å²) in [6.45, 7) is 8.63. The number of anilines is 1. The van der Waals surface area contributed by atoms with Gasteiger partial charge in [-0.3, -0.25) is 0 Å². The Morgan fingerprint density at radius 1 is 1.00 bits per heavy atom. The lowest BCUT2D eigenvalue weighted by molar-refractivity contribution is 0.395. The summed E-state index contributed by atoms with van der Waals surface area (Å²) in [5, 5.41) is 7.26. The van der Waals surface area contributed by atoms with Crippen LogP contribution >= 0.6 is 12.2 Å². The van der Waals surface area contributed by atoms with E-state index in [1.54, 1.807) is 14.2 Å². The molecule has 0 spiro atoms. The molecule has 0 amide bonds. The molecule has 0 bridgehead atoms. The van der Waals surface area contributed by atoms with Crippen LogP contribution in [0.15, 0.2) is 36.4 Å².